The second-order valence-electron chi connectivity index (χ2n) is 5.45. The molecule has 0 spiro atoms. The Labute approximate surface area is 133 Å². The lowest BCUT2D eigenvalue weighted by Gasteiger charge is -2.17. The number of ether oxygens (including phenoxy) is 2. The minimum atomic E-state index is 0.383. The van der Waals surface area contributed by atoms with Crippen molar-refractivity contribution >= 4 is 6.08 Å². The van der Waals surface area contributed by atoms with Gasteiger partial charge in [0.25, 0.3) is 0 Å². The van der Waals surface area contributed by atoms with Gasteiger partial charge < -0.3 is 9.47 Å². The van der Waals surface area contributed by atoms with Crippen molar-refractivity contribution in [3.63, 3.8) is 0 Å². The molecule has 2 rings (SSSR count). The number of methoxy groups -OCH3 is 2. The first kappa shape index (κ1) is 16.2. The normalized spacial score (nSPS) is 12.4. The van der Waals surface area contributed by atoms with Crippen molar-refractivity contribution in [1.29, 1.82) is 0 Å². The third-order valence-electron chi connectivity index (χ3n) is 3.84. The summed E-state index contributed by atoms with van der Waals surface area (Å²) in [4.78, 5) is 0. The molecule has 22 heavy (non-hydrogen) atoms. The van der Waals surface area contributed by atoms with Crippen LogP contribution in [0.25, 0.3) is 6.08 Å². The fraction of sp³-hybridized carbons (Fsp3) is 0.300. The zero-order valence-corrected chi connectivity index (χ0v) is 13.8. The average molecular weight is 296 g/mol. The smallest absolute Gasteiger partial charge is 0.122 e. The molecular formula is C20H24O2. The summed E-state index contributed by atoms with van der Waals surface area (Å²) in [5.74, 6) is 2.23. The predicted octanol–water partition coefficient (Wildman–Crippen LogP) is 5.08. The molecule has 0 fully saturated rings. The molecule has 0 unspecified atom stereocenters. The van der Waals surface area contributed by atoms with E-state index in [1.807, 2.05) is 19.1 Å². The minimum Gasteiger partial charge on any atom is -0.497 e. The van der Waals surface area contributed by atoms with E-state index in [0.717, 1.165) is 17.9 Å². The molecule has 2 nitrogen and oxygen atoms in total. The molecule has 0 radical (unpaired) electrons. The topological polar surface area (TPSA) is 18.5 Å². The van der Waals surface area contributed by atoms with Crippen molar-refractivity contribution in [3.8, 4) is 11.5 Å². The molecule has 0 saturated heterocycles. The standard InChI is InChI=1S/C20H24O2/c1-5-6-16-9-12-20(22-4)19(14-16)15(2)13-17-7-10-18(21-3)11-8-17/h5-12,14-15H,13H2,1-4H3/t15-/m0/s1. The molecule has 0 N–H and O–H groups in total. The Bertz CT molecular complexity index is 627. The van der Waals surface area contributed by atoms with Crippen LogP contribution in [-0.2, 0) is 6.42 Å². The highest BCUT2D eigenvalue weighted by atomic mass is 16.5. The lowest BCUT2D eigenvalue weighted by Crippen LogP contribution is -2.02. The van der Waals surface area contributed by atoms with Gasteiger partial charge in [0.15, 0.2) is 0 Å². The number of rotatable bonds is 6. The zero-order chi connectivity index (χ0) is 15.9. The molecule has 0 aromatic heterocycles. The maximum Gasteiger partial charge on any atom is 0.122 e. The molecule has 0 amide bonds. The lowest BCUT2D eigenvalue weighted by molar-refractivity contribution is 0.406. The summed E-state index contributed by atoms with van der Waals surface area (Å²) in [6.45, 7) is 4.27. The number of benzene rings is 2. The third-order valence-corrected chi connectivity index (χ3v) is 3.84. The average Bonchev–Trinajstić information content (AvgIpc) is 2.55. The van der Waals surface area contributed by atoms with Gasteiger partial charge in [0.1, 0.15) is 11.5 Å². The molecule has 116 valence electrons. The Morgan fingerprint density at radius 2 is 1.73 bits per heavy atom. The van der Waals surface area contributed by atoms with Crippen LogP contribution >= 0.6 is 0 Å². The van der Waals surface area contributed by atoms with Gasteiger partial charge in [0, 0.05) is 0 Å². The van der Waals surface area contributed by atoms with Gasteiger partial charge in [-0.1, -0.05) is 37.3 Å². The zero-order valence-electron chi connectivity index (χ0n) is 13.8. The van der Waals surface area contributed by atoms with E-state index in [4.69, 9.17) is 9.47 Å². The van der Waals surface area contributed by atoms with Gasteiger partial charge in [-0.15, -0.1) is 0 Å². The van der Waals surface area contributed by atoms with Crippen LogP contribution in [0.4, 0.5) is 0 Å². The van der Waals surface area contributed by atoms with Gasteiger partial charge in [0.2, 0.25) is 0 Å². The number of allylic oxidation sites excluding steroid dienone is 1. The predicted molar refractivity (Wildman–Crippen MR) is 92.8 cm³/mol. The van der Waals surface area contributed by atoms with Crippen molar-refractivity contribution in [2.24, 2.45) is 0 Å². The molecule has 0 heterocycles. The molecule has 2 heteroatoms. The highest BCUT2D eigenvalue weighted by Gasteiger charge is 2.13. The first-order valence-electron chi connectivity index (χ1n) is 7.61. The van der Waals surface area contributed by atoms with Gasteiger partial charge in [-0.05, 0) is 60.2 Å². The molecule has 0 saturated carbocycles. The van der Waals surface area contributed by atoms with Crippen LogP contribution < -0.4 is 9.47 Å². The summed E-state index contributed by atoms with van der Waals surface area (Å²) < 4.78 is 10.7. The van der Waals surface area contributed by atoms with E-state index in [2.05, 4.69) is 49.4 Å². The van der Waals surface area contributed by atoms with E-state index in [1.54, 1.807) is 14.2 Å². The largest absolute Gasteiger partial charge is 0.497 e. The van der Waals surface area contributed by atoms with Gasteiger partial charge in [0.05, 0.1) is 14.2 Å². The molecule has 2 aromatic carbocycles. The van der Waals surface area contributed by atoms with Crippen molar-refractivity contribution in [3.05, 3.63) is 65.2 Å². The summed E-state index contributed by atoms with van der Waals surface area (Å²) in [6.07, 6.45) is 5.14. The molecule has 0 bridgehead atoms. The van der Waals surface area contributed by atoms with Crippen molar-refractivity contribution in [2.75, 3.05) is 14.2 Å². The summed E-state index contributed by atoms with van der Waals surface area (Å²) in [5, 5.41) is 0. The van der Waals surface area contributed by atoms with Gasteiger partial charge in [-0.2, -0.15) is 0 Å². The first-order valence-corrected chi connectivity index (χ1v) is 7.61. The Hall–Kier alpha value is -2.22. The van der Waals surface area contributed by atoms with Gasteiger partial charge >= 0.3 is 0 Å². The Kier molecular flexibility index (Phi) is 5.65. The molecule has 2 aromatic rings. The first-order chi connectivity index (χ1) is 10.7. The summed E-state index contributed by atoms with van der Waals surface area (Å²) in [7, 11) is 3.42. The Morgan fingerprint density at radius 3 is 2.32 bits per heavy atom. The van der Waals surface area contributed by atoms with E-state index >= 15 is 0 Å². The van der Waals surface area contributed by atoms with Crippen LogP contribution in [0.3, 0.4) is 0 Å². The molecule has 0 aliphatic heterocycles. The fourth-order valence-corrected chi connectivity index (χ4v) is 2.66. The second kappa shape index (κ2) is 7.69. The molecule has 0 aliphatic carbocycles. The molecular weight excluding hydrogens is 272 g/mol. The van der Waals surface area contributed by atoms with Crippen LogP contribution in [0.2, 0.25) is 0 Å². The SMILES string of the molecule is CC=Cc1ccc(OC)c([C@@H](C)Cc2ccc(OC)cc2)c1. The van der Waals surface area contributed by atoms with Crippen molar-refractivity contribution < 1.29 is 9.47 Å². The third kappa shape index (κ3) is 3.91. The maximum atomic E-state index is 5.53. The number of hydrogen-bond acceptors (Lipinski definition) is 2. The van der Waals surface area contributed by atoms with Crippen molar-refractivity contribution in [2.45, 2.75) is 26.2 Å². The van der Waals surface area contributed by atoms with E-state index in [9.17, 15) is 0 Å². The number of hydrogen-bond donors (Lipinski definition) is 0. The van der Waals surface area contributed by atoms with Gasteiger partial charge in [-0.25, -0.2) is 0 Å². The monoisotopic (exact) mass is 296 g/mol. The van der Waals surface area contributed by atoms with E-state index < -0.39 is 0 Å². The molecule has 1 atom stereocenters. The van der Waals surface area contributed by atoms with E-state index in [1.165, 1.54) is 16.7 Å². The minimum absolute atomic E-state index is 0.383. The summed E-state index contributed by atoms with van der Waals surface area (Å²) in [5.41, 5.74) is 3.75. The van der Waals surface area contributed by atoms with Crippen LogP contribution in [0.15, 0.2) is 48.5 Å². The van der Waals surface area contributed by atoms with Gasteiger partial charge in [-0.3, -0.25) is 0 Å². The van der Waals surface area contributed by atoms with Crippen LogP contribution in [-0.4, -0.2) is 14.2 Å². The van der Waals surface area contributed by atoms with Crippen LogP contribution in [0, 0.1) is 0 Å². The lowest BCUT2D eigenvalue weighted by atomic mass is 9.91. The van der Waals surface area contributed by atoms with Crippen molar-refractivity contribution in [1.82, 2.24) is 0 Å². The van der Waals surface area contributed by atoms with E-state index in [-0.39, 0.29) is 0 Å². The second-order valence-corrected chi connectivity index (χ2v) is 5.45. The quantitative estimate of drug-likeness (QED) is 0.739. The highest BCUT2D eigenvalue weighted by molar-refractivity contribution is 5.54. The maximum absolute atomic E-state index is 5.53. The summed E-state index contributed by atoms with van der Waals surface area (Å²) >= 11 is 0. The molecule has 0 aliphatic rings. The highest BCUT2D eigenvalue weighted by Crippen LogP contribution is 2.30. The van der Waals surface area contributed by atoms with Crippen LogP contribution in [0.5, 0.6) is 11.5 Å². The van der Waals surface area contributed by atoms with Crippen LogP contribution in [0.1, 0.15) is 36.5 Å². The Morgan fingerprint density at radius 1 is 1.00 bits per heavy atom. The van der Waals surface area contributed by atoms with E-state index in [0.29, 0.717) is 5.92 Å². The fourth-order valence-electron chi connectivity index (χ4n) is 2.66. The Balaban J connectivity index is 2.22. The summed E-state index contributed by atoms with van der Waals surface area (Å²) in [6, 6.07) is 14.6.